The first-order valence-electron chi connectivity index (χ1n) is 9.23. The molecule has 0 fully saturated rings. The van der Waals surface area contributed by atoms with Gasteiger partial charge in [-0.25, -0.2) is 8.42 Å². The van der Waals surface area contributed by atoms with Gasteiger partial charge in [0.25, 0.3) is 5.91 Å². The molecule has 2 rings (SSSR count). The molecule has 0 saturated heterocycles. The van der Waals surface area contributed by atoms with E-state index in [0.717, 1.165) is 17.5 Å². The number of carbonyl (C=O) groups excluding carboxylic acids is 2. The van der Waals surface area contributed by atoms with Gasteiger partial charge in [-0.2, -0.15) is 0 Å². The van der Waals surface area contributed by atoms with Crippen molar-refractivity contribution in [2.24, 2.45) is 0 Å². The van der Waals surface area contributed by atoms with Crippen molar-refractivity contribution in [3.63, 3.8) is 0 Å². The van der Waals surface area contributed by atoms with Crippen LogP contribution in [0.5, 0.6) is 0 Å². The maximum Gasteiger partial charge on any atom is 0.251 e. The summed E-state index contributed by atoms with van der Waals surface area (Å²) in [6.07, 6.45) is 1.11. The second-order valence-corrected chi connectivity index (χ2v) is 9.35. The molecule has 0 bridgehead atoms. The summed E-state index contributed by atoms with van der Waals surface area (Å²) < 4.78 is 23.1. The maximum atomic E-state index is 12.6. The molecule has 0 heterocycles. The fraction of sp³-hybridized carbons (Fsp3) is 0.333. The molecule has 2 amide bonds. The van der Waals surface area contributed by atoms with Gasteiger partial charge in [0.05, 0.1) is 5.75 Å². The van der Waals surface area contributed by atoms with E-state index in [-0.39, 0.29) is 18.7 Å². The molecule has 0 aromatic heterocycles. The lowest BCUT2D eigenvalue weighted by Gasteiger charge is -2.19. The van der Waals surface area contributed by atoms with Gasteiger partial charge >= 0.3 is 0 Å². The van der Waals surface area contributed by atoms with Crippen LogP contribution in [0.2, 0.25) is 0 Å². The first-order chi connectivity index (χ1) is 13.7. The summed E-state index contributed by atoms with van der Waals surface area (Å²) in [5, 5.41) is 5.42. The van der Waals surface area contributed by atoms with E-state index in [9.17, 15) is 18.0 Å². The van der Waals surface area contributed by atoms with Gasteiger partial charge in [0.15, 0.2) is 0 Å². The highest BCUT2D eigenvalue weighted by Gasteiger charge is 2.22. The minimum absolute atomic E-state index is 0.00279. The molecule has 0 aliphatic rings. The van der Waals surface area contributed by atoms with Crippen LogP contribution in [0, 0.1) is 0 Å². The molecule has 156 valence electrons. The molecule has 0 spiro atoms. The first kappa shape index (κ1) is 22.4. The molecule has 2 aromatic rings. The third-order valence-electron chi connectivity index (χ3n) is 4.35. The lowest BCUT2D eigenvalue weighted by molar-refractivity contribution is -0.123. The number of nitrogens with one attached hydrogen (secondary N) is 2. The zero-order valence-corrected chi connectivity index (χ0v) is 17.7. The van der Waals surface area contributed by atoms with Crippen LogP contribution >= 0.6 is 0 Å². The van der Waals surface area contributed by atoms with Crippen molar-refractivity contribution in [2.75, 3.05) is 31.0 Å². The van der Waals surface area contributed by atoms with Crippen molar-refractivity contribution in [1.82, 2.24) is 10.6 Å². The number of nitrogens with zero attached hydrogens (tertiary/aromatic N) is 1. The van der Waals surface area contributed by atoms with Gasteiger partial charge in [-0.1, -0.05) is 30.3 Å². The zero-order valence-electron chi connectivity index (χ0n) is 16.9. The van der Waals surface area contributed by atoms with Gasteiger partial charge < -0.3 is 15.5 Å². The van der Waals surface area contributed by atoms with E-state index in [1.807, 2.05) is 43.3 Å². The number of sulfone groups is 1. The quantitative estimate of drug-likeness (QED) is 0.646. The molecule has 0 radical (unpaired) electrons. The fourth-order valence-electron chi connectivity index (χ4n) is 2.66. The number of carbonyl (C=O) groups is 2. The number of amides is 2. The van der Waals surface area contributed by atoms with E-state index in [2.05, 4.69) is 10.6 Å². The van der Waals surface area contributed by atoms with Gasteiger partial charge in [0, 0.05) is 38.1 Å². The Morgan fingerprint density at radius 3 is 2.17 bits per heavy atom. The van der Waals surface area contributed by atoms with Crippen LogP contribution in [0.15, 0.2) is 54.6 Å². The summed E-state index contributed by atoms with van der Waals surface area (Å²) in [5.41, 5.74) is 2.35. The number of benzene rings is 2. The van der Waals surface area contributed by atoms with E-state index in [1.54, 1.807) is 30.3 Å². The van der Waals surface area contributed by atoms with E-state index < -0.39 is 27.7 Å². The Morgan fingerprint density at radius 2 is 1.62 bits per heavy atom. The third kappa shape index (κ3) is 7.57. The molecule has 0 aliphatic carbocycles. The van der Waals surface area contributed by atoms with Crippen LogP contribution < -0.4 is 15.5 Å². The SMILES string of the molecule is CN(C)c1ccc(CNC(=O)[C@H](CCS(C)(=O)=O)NC(=O)c2ccccc2)cc1. The second kappa shape index (κ2) is 10.1. The summed E-state index contributed by atoms with van der Waals surface area (Å²) in [6, 6.07) is 15.2. The molecule has 0 saturated carbocycles. The number of hydrogen-bond acceptors (Lipinski definition) is 5. The lowest BCUT2D eigenvalue weighted by atomic mass is 10.1. The Bertz CT molecular complexity index is 926. The van der Waals surface area contributed by atoms with Crippen molar-refractivity contribution in [3.8, 4) is 0 Å². The molecule has 7 nitrogen and oxygen atoms in total. The average Bonchev–Trinajstić information content (AvgIpc) is 2.69. The van der Waals surface area contributed by atoms with Crippen LogP contribution in [-0.2, 0) is 21.2 Å². The summed E-state index contributed by atoms with van der Waals surface area (Å²) in [7, 11) is 0.617. The largest absolute Gasteiger partial charge is 0.378 e. The first-order valence-corrected chi connectivity index (χ1v) is 11.3. The summed E-state index contributed by atoms with van der Waals surface area (Å²) in [4.78, 5) is 27.0. The highest BCUT2D eigenvalue weighted by atomic mass is 32.2. The van der Waals surface area contributed by atoms with Crippen LogP contribution in [0.25, 0.3) is 0 Å². The Morgan fingerprint density at radius 1 is 1.00 bits per heavy atom. The predicted molar refractivity (Wildman–Crippen MR) is 115 cm³/mol. The topological polar surface area (TPSA) is 95.6 Å². The second-order valence-electron chi connectivity index (χ2n) is 7.09. The van der Waals surface area contributed by atoms with Crippen LogP contribution in [0.3, 0.4) is 0 Å². The minimum Gasteiger partial charge on any atom is -0.378 e. The molecular weight excluding hydrogens is 390 g/mol. The highest BCUT2D eigenvalue weighted by Crippen LogP contribution is 2.12. The molecule has 8 heteroatoms. The maximum absolute atomic E-state index is 12.6. The number of anilines is 1. The third-order valence-corrected chi connectivity index (χ3v) is 5.33. The van der Waals surface area contributed by atoms with Gasteiger partial charge in [0.1, 0.15) is 15.9 Å². The van der Waals surface area contributed by atoms with Crippen molar-refractivity contribution < 1.29 is 18.0 Å². The van der Waals surface area contributed by atoms with Gasteiger partial charge in [-0.15, -0.1) is 0 Å². The molecular formula is C21H27N3O4S. The summed E-state index contributed by atoms with van der Waals surface area (Å²) >= 11 is 0. The Hall–Kier alpha value is -2.87. The fourth-order valence-corrected chi connectivity index (χ4v) is 3.32. The van der Waals surface area contributed by atoms with E-state index in [4.69, 9.17) is 0 Å². The summed E-state index contributed by atoms with van der Waals surface area (Å²) in [6.45, 7) is 0.281. The number of rotatable bonds is 9. The standard InChI is InChI=1S/C21H27N3O4S/c1-24(2)18-11-9-16(10-12-18)15-22-21(26)19(13-14-29(3,27)28)23-20(25)17-7-5-4-6-8-17/h4-12,19H,13-15H2,1-3H3,(H,22,26)(H,23,25)/t19-/m0/s1. The van der Waals surface area contributed by atoms with Crippen molar-refractivity contribution >= 4 is 27.3 Å². The van der Waals surface area contributed by atoms with Gasteiger partial charge in [0.2, 0.25) is 5.91 Å². The number of hydrogen-bond donors (Lipinski definition) is 2. The Labute approximate surface area is 172 Å². The predicted octanol–water partition coefficient (Wildman–Crippen LogP) is 1.60. The van der Waals surface area contributed by atoms with E-state index >= 15 is 0 Å². The molecule has 0 aliphatic heterocycles. The molecule has 0 unspecified atom stereocenters. The lowest BCUT2D eigenvalue weighted by Crippen LogP contribution is -2.47. The smallest absolute Gasteiger partial charge is 0.251 e. The molecule has 2 N–H and O–H groups in total. The Kier molecular flexibility index (Phi) is 7.78. The normalized spacial score (nSPS) is 12.1. The molecule has 2 aromatic carbocycles. The van der Waals surface area contributed by atoms with E-state index in [0.29, 0.717) is 5.56 Å². The van der Waals surface area contributed by atoms with Gasteiger partial charge in [-0.3, -0.25) is 9.59 Å². The van der Waals surface area contributed by atoms with Crippen molar-refractivity contribution in [1.29, 1.82) is 0 Å². The Balaban J connectivity index is 2.04. The van der Waals surface area contributed by atoms with Crippen molar-refractivity contribution in [2.45, 2.75) is 19.0 Å². The van der Waals surface area contributed by atoms with E-state index in [1.165, 1.54) is 0 Å². The zero-order chi connectivity index (χ0) is 21.4. The molecule has 1 atom stereocenters. The van der Waals surface area contributed by atoms with Crippen LogP contribution in [0.1, 0.15) is 22.3 Å². The monoisotopic (exact) mass is 417 g/mol. The minimum atomic E-state index is -3.27. The van der Waals surface area contributed by atoms with Crippen LogP contribution in [-0.4, -0.2) is 52.4 Å². The van der Waals surface area contributed by atoms with Crippen LogP contribution in [0.4, 0.5) is 5.69 Å². The van der Waals surface area contributed by atoms with Gasteiger partial charge in [-0.05, 0) is 36.2 Å². The summed E-state index contributed by atoms with van der Waals surface area (Å²) in [5.74, 6) is -1.04. The molecule has 29 heavy (non-hydrogen) atoms. The average molecular weight is 418 g/mol. The van der Waals surface area contributed by atoms with Crippen molar-refractivity contribution in [3.05, 3.63) is 65.7 Å². The highest BCUT2D eigenvalue weighted by molar-refractivity contribution is 7.90.